The molecule has 1 aliphatic rings. The summed E-state index contributed by atoms with van der Waals surface area (Å²) in [5.74, 6) is 2.44. The van der Waals surface area contributed by atoms with Crippen LogP contribution in [-0.2, 0) is 11.2 Å². The molecule has 5 rings (SSSR count). The zero-order valence-corrected chi connectivity index (χ0v) is 18.5. The first-order valence-corrected chi connectivity index (χ1v) is 10.7. The summed E-state index contributed by atoms with van der Waals surface area (Å²) in [6, 6.07) is 19.8. The molecule has 2 aromatic heterocycles. The fourth-order valence-corrected chi connectivity index (χ4v) is 4.19. The number of rotatable bonds is 8. The zero-order valence-electron chi connectivity index (χ0n) is 18.5. The van der Waals surface area contributed by atoms with Crippen LogP contribution in [0.3, 0.4) is 0 Å². The van der Waals surface area contributed by atoms with Crippen LogP contribution in [-0.4, -0.2) is 31.2 Å². The van der Waals surface area contributed by atoms with Gasteiger partial charge in [-0.3, -0.25) is 0 Å². The molecule has 7 nitrogen and oxygen atoms in total. The Balaban J connectivity index is 1.34. The third kappa shape index (κ3) is 4.27. The van der Waals surface area contributed by atoms with Gasteiger partial charge in [0.25, 0.3) is 5.88 Å². The van der Waals surface area contributed by atoms with Gasteiger partial charge in [-0.05, 0) is 71.1 Å². The van der Waals surface area contributed by atoms with E-state index < -0.39 is 0 Å². The topological polar surface area (TPSA) is 75.8 Å². The van der Waals surface area contributed by atoms with Gasteiger partial charge in [-0.2, -0.15) is 0 Å². The molecule has 1 atom stereocenters. The monoisotopic (exact) mass is 444 g/mol. The Hall–Kier alpha value is -3.84. The molecule has 0 aliphatic heterocycles. The van der Waals surface area contributed by atoms with Crippen LogP contribution in [0.25, 0.3) is 22.5 Å². The van der Waals surface area contributed by atoms with E-state index in [0.29, 0.717) is 17.5 Å². The van der Waals surface area contributed by atoms with E-state index in [2.05, 4.69) is 28.3 Å². The molecule has 0 radical (unpaired) electrons. The number of nitrogens with zero attached hydrogens (tertiary/aromatic N) is 2. The first-order valence-electron chi connectivity index (χ1n) is 10.7. The van der Waals surface area contributed by atoms with E-state index in [9.17, 15) is 0 Å². The summed E-state index contributed by atoms with van der Waals surface area (Å²) in [5, 5.41) is 3.88. The van der Waals surface area contributed by atoms with Gasteiger partial charge in [0, 0.05) is 30.5 Å². The van der Waals surface area contributed by atoms with E-state index in [1.165, 1.54) is 11.1 Å². The molecule has 2 heterocycles. The molecule has 4 aromatic rings. The number of ether oxygens (including phenoxy) is 4. The van der Waals surface area contributed by atoms with E-state index in [1.807, 2.05) is 36.4 Å². The van der Waals surface area contributed by atoms with Crippen molar-refractivity contribution in [1.82, 2.24) is 10.1 Å². The van der Waals surface area contributed by atoms with Gasteiger partial charge in [0.1, 0.15) is 11.9 Å². The first-order chi connectivity index (χ1) is 16.3. The van der Waals surface area contributed by atoms with Crippen LogP contribution in [0.15, 0.2) is 71.4 Å². The summed E-state index contributed by atoms with van der Waals surface area (Å²) in [6.45, 7) is 0.122. The lowest BCUT2D eigenvalue weighted by Crippen LogP contribution is -2.03. The van der Waals surface area contributed by atoms with Crippen molar-refractivity contribution in [2.24, 2.45) is 0 Å². The Morgan fingerprint density at radius 2 is 1.85 bits per heavy atom. The van der Waals surface area contributed by atoms with Gasteiger partial charge in [0.15, 0.2) is 12.6 Å². The Morgan fingerprint density at radius 3 is 2.67 bits per heavy atom. The summed E-state index contributed by atoms with van der Waals surface area (Å²) in [6.07, 6.45) is 3.59. The number of hydrogen-bond donors (Lipinski definition) is 0. The summed E-state index contributed by atoms with van der Waals surface area (Å²) in [4.78, 5) is 4.36. The fourth-order valence-electron chi connectivity index (χ4n) is 4.19. The Morgan fingerprint density at radius 1 is 1.00 bits per heavy atom. The zero-order chi connectivity index (χ0) is 22.6. The highest BCUT2D eigenvalue weighted by atomic mass is 16.7. The van der Waals surface area contributed by atoms with Gasteiger partial charge in [0.2, 0.25) is 5.88 Å². The van der Waals surface area contributed by atoms with Gasteiger partial charge >= 0.3 is 0 Å². The van der Waals surface area contributed by atoms with E-state index in [0.717, 1.165) is 35.3 Å². The van der Waals surface area contributed by atoms with E-state index >= 15 is 0 Å². The van der Waals surface area contributed by atoms with Gasteiger partial charge in [-0.15, -0.1) is 0 Å². The molecule has 0 spiro atoms. The minimum absolute atomic E-state index is 0.00667. The lowest BCUT2D eigenvalue weighted by molar-refractivity contribution is 0.0453. The van der Waals surface area contributed by atoms with Crippen molar-refractivity contribution in [2.75, 3.05) is 21.0 Å². The molecule has 1 aliphatic carbocycles. The second kappa shape index (κ2) is 9.34. The largest absolute Gasteiger partial charge is 0.486 e. The molecule has 0 saturated heterocycles. The highest BCUT2D eigenvalue weighted by Crippen LogP contribution is 2.42. The maximum absolute atomic E-state index is 6.36. The lowest BCUT2D eigenvalue weighted by Gasteiger charge is -2.16. The van der Waals surface area contributed by atoms with E-state index in [1.54, 1.807) is 26.5 Å². The minimum Gasteiger partial charge on any atom is -0.486 e. The Bertz CT molecular complexity index is 1240. The number of pyridine rings is 1. The van der Waals surface area contributed by atoms with Crippen molar-refractivity contribution >= 4 is 0 Å². The first kappa shape index (κ1) is 21.0. The molecule has 1 unspecified atom stereocenters. The third-order valence-electron chi connectivity index (χ3n) is 5.70. The van der Waals surface area contributed by atoms with Crippen LogP contribution in [0.1, 0.15) is 23.7 Å². The van der Waals surface area contributed by atoms with Crippen LogP contribution in [0, 0.1) is 0 Å². The molecule has 0 saturated carbocycles. The van der Waals surface area contributed by atoms with Crippen molar-refractivity contribution in [3.63, 3.8) is 0 Å². The molecular formula is C26H24N2O5. The van der Waals surface area contributed by atoms with Crippen molar-refractivity contribution < 1.29 is 23.5 Å². The molecule has 168 valence electrons. The molecule has 33 heavy (non-hydrogen) atoms. The molecule has 7 heteroatoms. The molecule has 0 amide bonds. The number of benzene rings is 2. The lowest BCUT2D eigenvalue weighted by atomic mass is 9.97. The highest BCUT2D eigenvalue weighted by Gasteiger charge is 2.27. The van der Waals surface area contributed by atoms with Gasteiger partial charge in [-0.1, -0.05) is 18.2 Å². The van der Waals surface area contributed by atoms with Crippen LogP contribution in [0.2, 0.25) is 0 Å². The Kier molecular flexibility index (Phi) is 5.95. The highest BCUT2D eigenvalue weighted by molar-refractivity contribution is 5.73. The minimum atomic E-state index is -0.00667. The summed E-state index contributed by atoms with van der Waals surface area (Å²) in [5.41, 5.74) is 5.53. The normalized spacial score (nSPS) is 14.7. The second-order valence-electron chi connectivity index (χ2n) is 7.68. The van der Waals surface area contributed by atoms with Crippen LogP contribution >= 0.6 is 0 Å². The summed E-state index contributed by atoms with van der Waals surface area (Å²) >= 11 is 0. The number of aromatic nitrogens is 2. The van der Waals surface area contributed by atoms with Crippen LogP contribution in [0.5, 0.6) is 17.5 Å². The molecule has 0 fully saturated rings. The molecule has 2 aromatic carbocycles. The maximum Gasteiger partial charge on any atom is 0.256 e. The second-order valence-corrected chi connectivity index (χ2v) is 7.68. The molecular weight excluding hydrogens is 420 g/mol. The predicted molar refractivity (Wildman–Crippen MR) is 122 cm³/mol. The van der Waals surface area contributed by atoms with Crippen molar-refractivity contribution in [2.45, 2.75) is 18.9 Å². The van der Waals surface area contributed by atoms with Crippen molar-refractivity contribution in [3.05, 3.63) is 78.0 Å². The average Bonchev–Trinajstić information content (AvgIpc) is 3.51. The third-order valence-corrected chi connectivity index (χ3v) is 5.70. The molecule has 0 N–H and O–H groups in total. The average molecular weight is 444 g/mol. The smallest absolute Gasteiger partial charge is 0.256 e. The SMILES string of the molecule is COCOc1cc(-c2ccc(OC3CCc4c(-c5cccnc5OC)cccc43)cc2)on1. The quantitative estimate of drug-likeness (QED) is 0.334. The summed E-state index contributed by atoms with van der Waals surface area (Å²) in [7, 11) is 3.20. The fraction of sp³-hybridized carbons (Fsp3) is 0.231. The number of methoxy groups -OCH3 is 2. The maximum atomic E-state index is 6.36. The standard InChI is InChI=1S/C26H24N2O5/c1-29-16-31-25-15-24(33-28-25)17-8-10-18(11-9-17)32-23-13-12-20-19(5-3-6-21(20)23)22-7-4-14-27-26(22)30-2/h3-11,14-15,23H,12-13,16H2,1-2H3. The summed E-state index contributed by atoms with van der Waals surface area (Å²) < 4.78 is 27.4. The van der Waals surface area contributed by atoms with E-state index in [4.69, 9.17) is 23.5 Å². The van der Waals surface area contributed by atoms with Crippen LogP contribution < -0.4 is 14.2 Å². The van der Waals surface area contributed by atoms with E-state index in [-0.39, 0.29) is 12.9 Å². The van der Waals surface area contributed by atoms with Gasteiger partial charge < -0.3 is 23.5 Å². The van der Waals surface area contributed by atoms with Gasteiger partial charge in [-0.25, -0.2) is 4.98 Å². The number of hydrogen-bond acceptors (Lipinski definition) is 7. The van der Waals surface area contributed by atoms with Gasteiger partial charge in [0.05, 0.1) is 7.11 Å². The van der Waals surface area contributed by atoms with Crippen LogP contribution in [0.4, 0.5) is 0 Å². The predicted octanol–water partition coefficient (Wildman–Crippen LogP) is 5.46. The van der Waals surface area contributed by atoms with Crippen molar-refractivity contribution in [3.8, 4) is 40.0 Å². The molecule has 0 bridgehead atoms. The Labute approximate surface area is 191 Å². The number of fused-ring (bicyclic) bond motifs is 1. The van der Waals surface area contributed by atoms with Crippen molar-refractivity contribution in [1.29, 1.82) is 0 Å².